The van der Waals surface area contributed by atoms with Crippen LogP contribution in [0.1, 0.15) is 19.4 Å². The van der Waals surface area contributed by atoms with Crippen LogP contribution in [0.2, 0.25) is 0 Å². The van der Waals surface area contributed by atoms with E-state index < -0.39 is 5.25 Å². The molecular formula is C24H22N2O3S. The first-order chi connectivity index (χ1) is 14.6. The van der Waals surface area contributed by atoms with E-state index in [2.05, 4.69) is 6.07 Å². The van der Waals surface area contributed by atoms with Crippen LogP contribution >= 0.6 is 11.8 Å². The van der Waals surface area contributed by atoms with Gasteiger partial charge < -0.3 is 9.47 Å². The van der Waals surface area contributed by atoms with Crippen LogP contribution < -0.4 is 4.74 Å². The first-order valence-electron chi connectivity index (χ1n) is 9.55. The number of thioether (sulfide) groups is 1. The molecule has 0 fully saturated rings. The SMILES string of the molecule is CCOC(=O)[C@@H](C)Sc1nc(-c2ccccc2)cc(-c2ccc(OC)cc2)c1C#N. The smallest absolute Gasteiger partial charge is 0.319 e. The van der Waals surface area contributed by atoms with Gasteiger partial charge in [0.25, 0.3) is 0 Å². The quantitative estimate of drug-likeness (QED) is 0.381. The average molecular weight is 419 g/mol. The number of hydrogen-bond donors (Lipinski definition) is 0. The molecule has 2 aromatic carbocycles. The van der Waals surface area contributed by atoms with Crippen molar-refractivity contribution in [2.24, 2.45) is 0 Å². The molecule has 3 rings (SSSR count). The Balaban J connectivity index is 2.14. The second-order valence-electron chi connectivity index (χ2n) is 6.45. The monoisotopic (exact) mass is 418 g/mol. The van der Waals surface area contributed by atoms with Gasteiger partial charge in [-0.3, -0.25) is 4.79 Å². The summed E-state index contributed by atoms with van der Waals surface area (Å²) in [7, 11) is 1.61. The van der Waals surface area contributed by atoms with Crippen LogP contribution in [-0.2, 0) is 9.53 Å². The lowest BCUT2D eigenvalue weighted by Gasteiger charge is -2.15. The highest BCUT2D eigenvalue weighted by Crippen LogP contribution is 2.36. The van der Waals surface area contributed by atoms with Crippen LogP contribution in [-0.4, -0.2) is 29.9 Å². The highest BCUT2D eigenvalue weighted by molar-refractivity contribution is 8.00. The second kappa shape index (κ2) is 9.95. The van der Waals surface area contributed by atoms with Crippen LogP contribution in [0, 0.1) is 11.3 Å². The molecule has 0 saturated carbocycles. The Labute approximate surface area is 180 Å². The first kappa shape index (κ1) is 21.4. The summed E-state index contributed by atoms with van der Waals surface area (Å²) in [5.74, 6) is 0.407. The summed E-state index contributed by atoms with van der Waals surface area (Å²) in [6.45, 7) is 3.84. The van der Waals surface area contributed by atoms with E-state index in [0.29, 0.717) is 17.2 Å². The van der Waals surface area contributed by atoms with E-state index in [4.69, 9.17) is 14.5 Å². The predicted octanol–water partition coefficient (Wildman–Crippen LogP) is 5.34. The maximum Gasteiger partial charge on any atom is 0.319 e. The van der Waals surface area contributed by atoms with Crippen LogP contribution in [0.5, 0.6) is 5.75 Å². The molecular weight excluding hydrogens is 396 g/mol. The van der Waals surface area contributed by atoms with Crippen molar-refractivity contribution in [1.29, 1.82) is 5.26 Å². The summed E-state index contributed by atoms with van der Waals surface area (Å²) in [5.41, 5.74) is 3.73. The number of hydrogen-bond acceptors (Lipinski definition) is 6. The van der Waals surface area contributed by atoms with Gasteiger partial charge >= 0.3 is 5.97 Å². The molecule has 0 radical (unpaired) electrons. The molecule has 30 heavy (non-hydrogen) atoms. The summed E-state index contributed by atoms with van der Waals surface area (Å²) < 4.78 is 10.4. The van der Waals surface area contributed by atoms with Gasteiger partial charge in [0.05, 0.1) is 25.0 Å². The third kappa shape index (κ3) is 4.81. The normalized spacial score (nSPS) is 11.4. The van der Waals surface area contributed by atoms with Gasteiger partial charge in [0.2, 0.25) is 0 Å². The van der Waals surface area contributed by atoms with E-state index >= 15 is 0 Å². The largest absolute Gasteiger partial charge is 0.497 e. The number of nitrogens with zero attached hydrogens (tertiary/aromatic N) is 2. The highest BCUT2D eigenvalue weighted by atomic mass is 32.2. The molecule has 0 aliphatic heterocycles. The third-order valence-electron chi connectivity index (χ3n) is 4.48. The zero-order chi connectivity index (χ0) is 21.5. The number of carbonyl (C=O) groups is 1. The standard InChI is InChI=1S/C24H22N2O3S/c1-4-29-24(27)16(2)30-23-21(15-25)20(17-10-12-19(28-3)13-11-17)14-22(26-23)18-8-6-5-7-9-18/h5-14,16H,4H2,1-3H3/t16-/m1/s1. The highest BCUT2D eigenvalue weighted by Gasteiger charge is 2.22. The summed E-state index contributed by atoms with van der Waals surface area (Å²) in [5, 5.41) is 9.95. The molecule has 0 amide bonds. The molecule has 1 heterocycles. The van der Waals surface area contributed by atoms with Gasteiger partial charge in [-0.2, -0.15) is 5.26 Å². The van der Waals surface area contributed by atoms with Crippen molar-refractivity contribution in [3.8, 4) is 34.2 Å². The lowest BCUT2D eigenvalue weighted by atomic mass is 9.99. The topological polar surface area (TPSA) is 72.2 Å². The molecule has 0 spiro atoms. The number of carbonyl (C=O) groups excluding carboxylic acids is 1. The van der Waals surface area contributed by atoms with Crippen LogP contribution in [0.15, 0.2) is 65.7 Å². The Hall–Kier alpha value is -3.30. The average Bonchev–Trinajstić information content (AvgIpc) is 2.79. The molecule has 1 atom stereocenters. The molecule has 3 aromatic rings. The molecule has 0 N–H and O–H groups in total. The van der Waals surface area contributed by atoms with Gasteiger partial charge in [-0.15, -0.1) is 0 Å². The van der Waals surface area contributed by atoms with Crippen molar-refractivity contribution < 1.29 is 14.3 Å². The number of rotatable bonds is 7. The fourth-order valence-corrected chi connectivity index (χ4v) is 3.87. The molecule has 152 valence electrons. The third-order valence-corrected chi connectivity index (χ3v) is 5.54. The molecule has 0 bridgehead atoms. The van der Waals surface area contributed by atoms with E-state index in [1.54, 1.807) is 21.0 Å². The van der Waals surface area contributed by atoms with Gasteiger partial charge in [-0.05, 0) is 37.6 Å². The van der Waals surface area contributed by atoms with E-state index in [-0.39, 0.29) is 5.97 Å². The first-order valence-corrected chi connectivity index (χ1v) is 10.4. The molecule has 6 heteroatoms. The molecule has 0 unspecified atom stereocenters. The number of ether oxygens (including phenoxy) is 2. The van der Waals surface area contributed by atoms with Crippen molar-refractivity contribution in [1.82, 2.24) is 4.98 Å². The summed E-state index contributed by atoms with van der Waals surface area (Å²) in [6.07, 6.45) is 0. The summed E-state index contributed by atoms with van der Waals surface area (Å²) in [6, 6.07) is 21.5. The zero-order valence-corrected chi connectivity index (χ0v) is 17.9. The summed E-state index contributed by atoms with van der Waals surface area (Å²) >= 11 is 1.24. The number of esters is 1. The van der Waals surface area contributed by atoms with Gasteiger partial charge in [-0.1, -0.05) is 54.2 Å². The Morgan fingerprint density at radius 1 is 1.13 bits per heavy atom. The Bertz CT molecular complexity index is 1060. The number of pyridine rings is 1. The number of aromatic nitrogens is 1. The number of nitriles is 1. The van der Waals surface area contributed by atoms with Gasteiger partial charge in [-0.25, -0.2) is 4.98 Å². The van der Waals surface area contributed by atoms with E-state index in [1.807, 2.05) is 60.7 Å². The fourth-order valence-electron chi connectivity index (χ4n) is 2.95. The Kier molecular flexibility index (Phi) is 7.10. The Morgan fingerprint density at radius 3 is 2.43 bits per heavy atom. The lowest BCUT2D eigenvalue weighted by molar-refractivity contribution is -0.142. The molecule has 1 aromatic heterocycles. The van der Waals surface area contributed by atoms with Gasteiger partial charge in [0.15, 0.2) is 0 Å². The van der Waals surface area contributed by atoms with Gasteiger partial charge in [0.1, 0.15) is 22.1 Å². The maximum atomic E-state index is 12.2. The maximum absolute atomic E-state index is 12.2. The fraction of sp³-hybridized carbons (Fsp3) is 0.208. The zero-order valence-electron chi connectivity index (χ0n) is 17.1. The minimum Gasteiger partial charge on any atom is -0.497 e. The predicted molar refractivity (Wildman–Crippen MR) is 118 cm³/mol. The number of benzene rings is 2. The van der Waals surface area contributed by atoms with Crippen molar-refractivity contribution in [3.05, 3.63) is 66.2 Å². The van der Waals surface area contributed by atoms with E-state index in [1.165, 1.54) is 11.8 Å². The van der Waals surface area contributed by atoms with Crippen LogP contribution in [0.4, 0.5) is 0 Å². The molecule has 5 nitrogen and oxygen atoms in total. The molecule has 0 saturated heterocycles. The second-order valence-corrected chi connectivity index (χ2v) is 7.78. The van der Waals surface area contributed by atoms with Crippen LogP contribution in [0.25, 0.3) is 22.4 Å². The van der Waals surface area contributed by atoms with Gasteiger partial charge in [0, 0.05) is 11.1 Å². The molecule has 0 aliphatic rings. The van der Waals surface area contributed by atoms with Crippen molar-refractivity contribution in [3.63, 3.8) is 0 Å². The number of methoxy groups -OCH3 is 1. The van der Waals surface area contributed by atoms with Crippen LogP contribution in [0.3, 0.4) is 0 Å². The van der Waals surface area contributed by atoms with Crippen molar-refractivity contribution in [2.75, 3.05) is 13.7 Å². The van der Waals surface area contributed by atoms with E-state index in [0.717, 1.165) is 28.1 Å². The Morgan fingerprint density at radius 2 is 1.83 bits per heavy atom. The molecule has 0 aliphatic carbocycles. The van der Waals surface area contributed by atoms with E-state index in [9.17, 15) is 10.1 Å². The minimum atomic E-state index is -0.487. The van der Waals surface area contributed by atoms with Crippen molar-refractivity contribution in [2.45, 2.75) is 24.1 Å². The lowest BCUT2D eigenvalue weighted by Crippen LogP contribution is -2.17. The van der Waals surface area contributed by atoms with Crippen molar-refractivity contribution >= 4 is 17.7 Å². The summed E-state index contributed by atoms with van der Waals surface area (Å²) in [4.78, 5) is 16.9. The minimum absolute atomic E-state index is 0.309.